The number of benzene rings is 1. The van der Waals surface area contributed by atoms with Gasteiger partial charge in [0.1, 0.15) is 5.60 Å². The Morgan fingerprint density at radius 3 is 2.56 bits per heavy atom. The second-order valence-electron chi connectivity index (χ2n) is 10.1. The van der Waals surface area contributed by atoms with Gasteiger partial charge < -0.3 is 24.0 Å². The highest BCUT2D eigenvalue weighted by atomic mass is 16.6. The maximum Gasteiger partial charge on any atom is 0.351 e. The highest BCUT2D eigenvalue weighted by Crippen LogP contribution is 2.37. The van der Waals surface area contributed by atoms with Crippen molar-refractivity contribution in [2.45, 2.75) is 71.2 Å². The van der Waals surface area contributed by atoms with Gasteiger partial charge in [-0.15, -0.1) is 0 Å². The van der Waals surface area contributed by atoms with Crippen LogP contribution in [0.25, 0.3) is 0 Å². The molecule has 0 bridgehead atoms. The molecule has 184 valence electrons. The van der Waals surface area contributed by atoms with Gasteiger partial charge in [-0.05, 0) is 63.6 Å². The van der Waals surface area contributed by atoms with E-state index in [-0.39, 0.29) is 19.1 Å². The van der Waals surface area contributed by atoms with Crippen LogP contribution in [0.2, 0.25) is 0 Å². The van der Waals surface area contributed by atoms with E-state index in [4.69, 9.17) is 14.2 Å². The van der Waals surface area contributed by atoms with E-state index >= 15 is 0 Å². The second-order valence-corrected chi connectivity index (χ2v) is 10.1. The van der Waals surface area contributed by atoms with Crippen molar-refractivity contribution >= 4 is 35.1 Å². The lowest BCUT2D eigenvalue weighted by atomic mass is 9.99. The summed E-state index contributed by atoms with van der Waals surface area (Å²) in [5.41, 5.74) is 1.69. The van der Waals surface area contributed by atoms with Crippen LogP contribution in [0.1, 0.15) is 52.5 Å². The third-order valence-electron chi connectivity index (χ3n) is 6.05. The maximum absolute atomic E-state index is 13.4. The van der Waals surface area contributed by atoms with Crippen molar-refractivity contribution in [1.29, 1.82) is 0 Å². The number of carbonyl (C=O) groups is 4. The van der Waals surface area contributed by atoms with Gasteiger partial charge in [-0.25, -0.2) is 4.79 Å². The molecular formula is C25H32N2O7. The molecule has 0 radical (unpaired) electrons. The Labute approximate surface area is 199 Å². The molecular weight excluding hydrogens is 440 g/mol. The van der Waals surface area contributed by atoms with E-state index in [0.717, 1.165) is 31.0 Å². The first-order valence-electron chi connectivity index (χ1n) is 11.8. The Hall–Kier alpha value is -2.94. The van der Waals surface area contributed by atoms with Crippen LogP contribution in [0.15, 0.2) is 18.2 Å². The Morgan fingerprint density at radius 2 is 1.91 bits per heavy atom. The SMILES string of the molecule is CC(=O)O[C@@H](C(=O)OC(C)(C)C)[C@H]1OCCN(c2ccc3c(c2)N(CC2CC2)C(=O)CC3)C1=O. The van der Waals surface area contributed by atoms with E-state index in [9.17, 15) is 19.2 Å². The zero-order valence-electron chi connectivity index (χ0n) is 20.2. The van der Waals surface area contributed by atoms with Crippen molar-refractivity contribution in [2.24, 2.45) is 5.92 Å². The lowest BCUT2D eigenvalue weighted by Crippen LogP contribution is -2.56. The first kappa shape index (κ1) is 24.2. The van der Waals surface area contributed by atoms with Gasteiger partial charge in [-0.2, -0.15) is 0 Å². The summed E-state index contributed by atoms with van der Waals surface area (Å²) in [5, 5.41) is 0. The second kappa shape index (κ2) is 9.37. The number of carbonyl (C=O) groups excluding carboxylic acids is 4. The van der Waals surface area contributed by atoms with Gasteiger partial charge in [-0.1, -0.05) is 6.07 Å². The normalized spacial score (nSPS) is 21.7. The van der Waals surface area contributed by atoms with Crippen molar-refractivity contribution < 1.29 is 33.4 Å². The van der Waals surface area contributed by atoms with E-state index in [1.807, 2.05) is 23.1 Å². The number of hydrogen-bond donors (Lipinski definition) is 0. The summed E-state index contributed by atoms with van der Waals surface area (Å²) >= 11 is 0. The van der Waals surface area contributed by atoms with E-state index < -0.39 is 35.7 Å². The largest absolute Gasteiger partial charge is 0.457 e. The Morgan fingerprint density at radius 1 is 1.18 bits per heavy atom. The molecule has 1 saturated carbocycles. The molecule has 0 aromatic heterocycles. The van der Waals surface area contributed by atoms with Crippen LogP contribution >= 0.6 is 0 Å². The third kappa shape index (κ3) is 5.41. The quantitative estimate of drug-likeness (QED) is 0.586. The standard InChI is InChI=1S/C25H32N2O7/c1-15(28)33-22(24(31)34-25(2,3)4)21-23(30)26(11-12-32-21)18-9-7-17-8-10-20(29)27(19(17)13-18)14-16-5-6-16/h7,9,13,16,21-22H,5-6,8,10-12,14H2,1-4H3/t21-,22-/m1/s1. The monoisotopic (exact) mass is 472 g/mol. The van der Waals surface area contributed by atoms with Gasteiger partial charge in [-0.3, -0.25) is 14.4 Å². The topological polar surface area (TPSA) is 102 Å². The smallest absolute Gasteiger partial charge is 0.351 e. The minimum absolute atomic E-state index is 0.0996. The summed E-state index contributed by atoms with van der Waals surface area (Å²) in [7, 11) is 0. The van der Waals surface area contributed by atoms with Crippen LogP contribution in [0, 0.1) is 5.92 Å². The van der Waals surface area contributed by atoms with Crippen molar-refractivity contribution in [3.8, 4) is 0 Å². The molecule has 34 heavy (non-hydrogen) atoms. The van der Waals surface area contributed by atoms with Gasteiger partial charge in [0, 0.05) is 37.8 Å². The maximum atomic E-state index is 13.4. The van der Waals surface area contributed by atoms with Crippen LogP contribution in [-0.2, 0) is 39.8 Å². The molecule has 9 nitrogen and oxygen atoms in total. The summed E-state index contributed by atoms with van der Waals surface area (Å²) in [6.07, 6.45) is 0.570. The van der Waals surface area contributed by atoms with Gasteiger partial charge in [0.05, 0.1) is 6.61 Å². The average molecular weight is 473 g/mol. The van der Waals surface area contributed by atoms with E-state index in [1.54, 1.807) is 20.8 Å². The number of amides is 2. The lowest BCUT2D eigenvalue weighted by molar-refractivity contribution is -0.188. The Bertz CT molecular complexity index is 995. The highest BCUT2D eigenvalue weighted by Gasteiger charge is 2.44. The summed E-state index contributed by atoms with van der Waals surface area (Å²) in [6, 6.07) is 5.66. The zero-order valence-corrected chi connectivity index (χ0v) is 20.2. The molecule has 3 aliphatic rings. The van der Waals surface area contributed by atoms with E-state index in [2.05, 4.69) is 0 Å². The van der Waals surface area contributed by atoms with Crippen LogP contribution in [0.4, 0.5) is 11.4 Å². The van der Waals surface area contributed by atoms with Crippen LogP contribution in [-0.4, -0.2) is 61.3 Å². The Kier molecular flexibility index (Phi) is 6.66. The number of anilines is 2. The predicted octanol–water partition coefficient (Wildman–Crippen LogP) is 2.38. The Balaban J connectivity index is 1.60. The molecule has 1 aliphatic carbocycles. The minimum Gasteiger partial charge on any atom is -0.457 e. The zero-order chi connectivity index (χ0) is 24.6. The number of morpholine rings is 1. The summed E-state index contributed by atoms with van der Waals surface area (Å²) in [6.45, 7) is 7.35. The van der Waals surface area contributed by atoms with Crippen LogP contribution in [0.3, 0.4) is 0 Å². The molecule has 2 heterocycles. The minimum atomic E-state index is -1.52. The molecule has 1 aromatic carbocycles. The molecule has 0 unspecified atom stereocenters. The predicted molar refractivity (Wildman–Crippen MR) is 123 cm³/mol. The number of fused-ring (bicyclic) bond motifs is 1. The van der Waals surface area contributed by atoms with Crippen molar-refractivity contribution in [1.82, 2.24) is 0 Å². The summed E-state index contributed by atoms with van der Waals surface area (Å²) in [5.74, 6) is -1.42. The number of nitrogens with zero attached hydrogens (tertiary/aromatic N) is 2. The first-order chi connectivity index (χ1) is 16.0. The van der Waals surface area contributed by atoms with Crippen LogP contribution < -0.4 is 9.80 Å². The molecule has 1 aromatic rings. The van der Waals surface area contributed by atoms with Gasteiger partial charge >= 0.3 is 11.9 Å². The van der Waals surface area contributed by atoms with Crippen molar-refractivity contribution in [2.75, 3.05) is 29.5 Å². The third-order valence-corrected chi connectivity index (χ3v) is 6.05. The number of aryl methyl sites for hydroxylation is 1. The molecule has 2 aliphatic heterocycles. The molecule has 1 saturated heterocycles. The summed E-state index contributed by atoms with van der Waals surface area (Å²) in [4.78, 5) is 53.9. The number of hydrogen-bond acceptors (Lipinski definition) is 7. The molecule has 0 spiro atoms. The van der Waals surface area contributed by atoms with Crippen LogP contribution in [0.5, 0.6) is 0 Å². The molecule has 9 heteroatoms. The fourth-order valence-corrected chi connectivity index (χ4v) is 4.30. The molecule has 2 atom stereocenters. The molecule has 2 fully saturated rings. The highest BCUT2D eigenvalue weighted by molar-refractivity contribution is 6.02. The molecule has 0 N–H and O–H groups in total. The van der Waals surface area contributed by atoms with Crippen molar-refractivity contribution in [3.63, 3.8) is 0 Å². The number of esters is 2. The van der Waals surface area contributed by atoms with Gasteiger partial charge in [0.25, 0.3) is 5.91 Å². The fraction of sp³-hybridized carbons (Fsp3) is 0.600. The van der Waals surface area contributed by atoms with Gasteiger partial charge in [0.2, 0.25) is 12.0 Å². The number of ether oxygens (including phenoxy) is 3. The number of rotatable bonds is 6. The van der Waals surface area contributed by atoms with Crippen molar-refractivity contribution in [3.05, 3.63) is 23.8 Å². The van der Waals surface area contributed by atoms with E-state index in [1.165, 1.54) is 4.90 Å². The van der Waals surface area contributed by atoms with Gasteiger partial charge in [0.15, 0.2) is 6.10 Å². The van der Waals surface area contributed by atoms with E-state index in [0.29, 0.717) is 31.0 Å². The molecule has 2 amide bonds. The summed E-state index contributed by atoms with van der Waals surface area (Å²) < 4.78 is 16.2. The average Bonchev–Trinajstić information content (AvgIpc) is 3.57. The first-order valence-corrected chi connectivity index (χ1v) is 11.8. The molecule has 4 rings (SSSR count). The fourth-order valence-electron chi connectivity index (χ4n) is 4.30. The lowest BCUT2D eigenvalue weighted by Gasteiger charge is -2.36.